The Bertz CT molecular complexity index is 432. The summed E-state index contributed by atoms with van der Waals surface area (Å²) in [5.41, 5.74) is 7.72. The third-order valence-electron chi connectivity index (χ3n) is 3.12. The highest BCUT2D eigenvalue weighted by Gasteiger charge is 2.19. The summed E-state index contributed by atoms with van der Waals surface area (Å²) in [5, 5.41) is 3.01. The second-order valence-corrected chi connectivity index (χ2v) is 6.12. The van der Waals surface area contributed by atoms with Crippen molar-refractivity contribution in [1.82, 2.24) is 0 Å². The summed E-state index contributed by atoms with van der Waals surface area (Å²) in [4.78, 5) is 12.2. The molecule has 19 heavy (non-hydrogen) atoms. The van der Waals surface area contributed by atoms with E-state index in [-0.39, 0.29) is 11.8 Å². The van der Waals surface area contributed by atoms with Crippen LogP contribution in [0.4, 0.5) is 5.69 Å². The van der Waals surface area contributed by atoms with Crippen molar-refractivity contribution in [3.05, 3.63) is 28.2 Å². The molecule has 1 aromatic rings. The topological polar surface area (TPSA) is 55.1 Å². The fourth-order valence-electron chi connectivity index (χ4n) is 2.09. The molecule has 3 nitrogen and oxygen atoms in total. The van der Waals surface area contributed by atoms with Gasteiger partial charge < -0.3 is 11.1 Å². The molecule has 0 saturated carbocycles. The Balaban J connectivity index is 2.80. The van der Waals surface area contributed by atoms with E-state index in [1.54, 1.807) is 0 Å². The van der Waals surface area contributed by atoms with Crippen LogP contribution in [-0.2, 0) is 11.2 Å². The Labute approximate surface area is 124 Å². The predicted molar refractivity (Wildman–Crippen MR) is 84.1 cm³/mol. The van der Waals surface area contributed by atoms with Gasteiger partial charge in [0, 0.05) is 16.7 Å². The second-order valence-electron chi connectivity index (χ2n) is 5.21. The summed E-state index contributed by atoms with van der Waals surface area (Å²) in [6.07, 6.45) is 1.70. The van der Waals surface area contributed by atoms with E-state index in [9.17, 15) is 4.79 Å². The number of anilines is 1. The number of hydrogen-bond acceptors (Lipinski definition) is 2. The molecule has 1 rings (SSSR count). The highest BCUT2D eigenvalue weighted by Crippen LogP contribution is 2.23. The van der Waals surface area contributed by atoms with Gasteiger partial charge in [0.05, 0.1) is 5.92 Å². The lowest BCUT2D eigenvalue weighted by Crippen LogP contribution is -2.30. The van der Waals surface area contributed by atoms with Crippen LogP contribution < -0.4 is 11.1 Å². The second kappa shape index (κ2) is 7.65. The SMILES string of the molecule is CCc1cc(Br)ccc1NC(=O)C(CN)CC(C)C. The zero-order valence-electron chi connectivity index (χ0n) is 11.9. The van der Waals surface area contributed by atoms with Crippen LogP contribution >= 0.6 is 15.9 Å². The Hall–Kier alpha value is -0.870. The van der Waals surface area contributed by atoms with E-state index in [4.69, 9.17) is 5.73 Å². The zero-order chi connectivity index (χ0) is 14.4. The van der Waals surface area contributed by atoms with Crippen LogP contribution in [0.2, 0.25) is 0 Å². The Morgan fingerprint density at radius 1 is 1.42 bits per heavy atom. The quantitative estimate of drug-likeness (QED) is 0.839. The highest BCUT2D eigenvalue weighted by atomic mass is 79.9. The highest BCUT2D eigenvalue weighted by molar-refractivity contribution is 9.10. The molecule has 1 amide bonds. The molecule has 1 atom stereocenters. The first-order valence-electron chi connectivity index (χ1n) is 6.77. The van der Waals surface area contributed by atoms with E-state index < -0.39 is 0 Å². The summed E-state index contributed by atoms with van der Waals surface area (Å²) >= 11 is 3.45. The van der Waals surface area contributed by atoms with Gasteiger partial charge in [0.2, 0.25) is 5.91 Å². The lowest BCUT2D eigenvalue weighted by atomic mass is 9.96. The van der Waals surface area contributed by atoms with Gasteiger partial charge in [-0.25, -0.2) is 0 Å². The first-order valence-corrected chi connectivity index (χ1v) is 7.56. The van der Waals surface area contributed by atoms with E-state index in [0.717, 1.165) is 28.6 Å². The zero-order valence-corrected chi connectivity index (χ0v) is 13.5. The van der Waals surface area contributed by atoms with Crippen molar-refractivity contribution < 1.29 is 4.79 Å². The maximum atomic E-state index is 12.2. The van der Waals surface area contributed by atoms with E-state index in [1.807, 2.05) is 18.2 Å². The van der Waals surface area contributed by atoms with Crippen molar-refractivity contribution in [2.45, 2.75) is 33.6 Å². The van der Waals surface area contributed by atoms with Crippen molar-refractivity contribution >= 4 is 27.5 Å². The molecule has 106 valence electrons. The minimum atomic E-state index is -0.117. The molecule has 0 fully saturated rings. The van der Waals surface area contributed by atoms with Crippen LogP contribution in [-0.4, -0.2) is 12.5 Å². The Morgan fingerprint density at radius 2 is 2.11 bits per heavy atom. The molecule has 0 aliphatic rings. The number of halogens is 1. The average Bonchev–Trinajstić information content (AvgIpc) is 2.37. The fraction of sp³-hybridized carbons (Fsp3) is 0.533. The molecule has 0 aliphatic carbocycles. The predicted octanol–water partition coefficient (Wildman–Crippen LogP) is 3.57. The third-order valence-corrected chi connectivity index (χ3v) is 3.61. The monoisotopic (exact) mass is 326 g/mol. The van der Waals surface area contributed by atoms with E-state index in [1.165, 1.54) is 0 Å². The van der Waals surface area contributed by atoms with Crippen molar-refractivity contribution in [2.75, 3.05) is 11.9 Å². The van der Waals surface area contributed by atoms with E-state index in [0.29, 0.717) is 12.5 Å². The third kappa shape index (κ3) is 4.96. The number of rotatable bonds is 6. The molecule has 0 radical (unpaired) electrons. The normalized spacial score (nSPS) is 12.5. The van der Waals surface area contributed by atoms with Crippen LogP contribution in [0.25, 0.3) is 0 Å². The molecular weight excluding hydrogens is 304 g/mol. The van der Waals surface area contributed by atoms with Crippen molar-refractivity contribution in [3.8, 4) is 0 Å². The van der Waals surface area contributed by atoms with Gasteiger partial charge in [0.25, 0.3) is 0 Å². The first-order chi connectivity index (χ1) is 8.97. The molecule has 4 heteroatoms. The number of benzene rings is 1. The molecule has 1 unspecified atom stereocenters. The molecule has 0 heterocycles. The standard InChI is InChI=1S/C15H23BrN2O/c1-4-11-8-13(16)5-6-14(11)18-15(19)12(9-17)7-10(2)3/h5-6,8,10,12H,4,7,9,17H2,1-3H3,(H,18,19). The van der Waals surface area contributed by atoms with E-state index >= 15 is 0 Å². The van der Waals surface area contributed by atoms with Gasteiger partial charge in [0.1, 0.15) is 0 Å². The molecule has 0 bridgehead atoms. The number of carbonyl (C=O) groups excluding carboxylic acids is 1. The first kappa shape index (κ1) is 16.2. The van der Waals surface area contributed by atoms with Gasteiger partial charge >= 0.3 is 0 Å². The Kier molecular flexibility index (Phi) is 6.52. The van der Waals surface area contributed by atoms with Crippen molar-refractivity contribution in [2.24, 2.45) is 17.6 Å². The van der Waals surface area contributed by atoms with Gasteiger partial charge in [-0.2, -0.15) is 0 Å². The van der Waals surface area contributed by atoms with Crippen molar-refractivity contribution in [3.63, 3.8) is 0 Å². The number of hydrogen-bond donors (Lipinski definition) is 2. The van der Waals surface area contributed by atoms with Gasteiger partial charge in [-0.15, -0.1) is 0 Å². The fourth-order valence-corrected chi connectivity index (χ4v) is 2.50. The molecular formula is C15H23BrN2O. The maximum absolute atomic E-state index is 12.2. The molecule has 0 aliphatic heterocycles. The van der Waals surface area contributed by atoms with Gasteiger partial charge in [-0.1, -0.05) is 36.7 Å². The van der Waals surface area contributed by atoms with Gasteiger partial charge in [-0.3, -0.25) is 4.79 Å². The number of amides is 1. The molecule has 1 aromatic carbocycles. The molecule has 0 spiro atoms. The minimum absolute atomic E-state index is 0.0215. The van der Waals surface area contributed by atoms with Gasteiger partial charge in [0.15, 0.2) is 0 Å². The van der Waals surface area contributed by atoms with Crippen LogP contribution in [0.1, 0.15) is 32.8 Å². The number of nitrogens with two attached hydrogens (primary N) is 1. The summed E-state index contributed by atoms with van der Waals surface area (Å²) in [6, 6.07) is 5.91. The lowest BCUT2D eigenvalue weighted by molar-refractivity contribution is -0.120. The number of carbonyl (C=O) groups is 1. The smallest absolute Gasteiger partial charge is 0.228 e. The van der Waals surface area contributed by atoms with Crippen LogP contribution in [0.5, 0.6) is 0 Å². The number of nitrogens with one attached hydrogen (secondary N) is 1. The molecule has 3 N–H and O–H groups in total. The molecule has 0 aromatic heterocycles. The van der Waals surface area contributed by atoms with Crippen LogP contribution in [0, 0.1) is 11.8 Å². The van der Waals surface area contributed by atoms with Gasteiger partial charge in [-0.05, 0) is 42.5 Å². The summed E-state index contributed by atoms with van der Waals surface area (Å²) in [5.74, 6) is 0.372. The minimum Gasteiger partial charge on any atom is -0.330 e. The average molecular weight is 327 g/mol. The summed E-state index contributed by atoms with van der Waals surface area (Å²) in [6.45, 7) is 6.67. The maximum Gasteiger partial charge on any atom is 0.228 e. The Morgan fingerprint density at radius 3 is 2.63 bits per heavy atom. The summed E-state index contributed by atoms with van der Waals surface area (Å²) < 4.78 is 1.03. The number of aryl methyl sites for hydroxylation is 1. The molecule has 0 saturated heterocycles. The van der Waals surface area contributed by atoms with E-state index in [2.05, 4.69) is 42.0 Å². The largest absolute Gasteiger partial charge is 0.330 e. The van der Waals surface area contributed by atoms with Crippen LogP contribution in [0.3, 0.4) is 0 Å². The lowest BCUT2D eigenvalue weighted by Gasteiger charge is -2.18. The summed E-state index contributed by atoms with van der Waals surface area (Å²) in [7, 11) is 0. The van der Waals surface area contributed by atoms with Crippen molar-refractivity contribution in [1.29, 1.82) is 0 Å². The van der Waals surface area contributed by atoms with Crippen LogP contribution in [0.15, 0.2) is 22.7 Å².